The number of hydrogen-bond acceptors (Lipinski definition) is 3. The summed E-state index contributed by atoms with van der Waals surface area (Å²) < 4.78 is 0. The fourth-order valence-electron chi connectivity index (χ4n) is 2.27. The molecular formula is C12H17NO4S. The first kappa shape index (κ1) is 13.1. The second kappa shape index (κ2) is 4.76. The van der Waals surface area contributed by atoms with E-state index in [0.29, 0.717) is 24.5 Å². The third-order valence-electron chi connectivity index (χ3n) is 3.15. The summed E-state index contributed by atoms with van der Waals surface area (Å²) >= 11 is 0. The Morgan fingerprint density at radius 1 is 1.56 bits per heavy atom. The van der Waals surface area contributed by atoms with Crippen molar-refractivity contribution in [3.8, 4) is 0 Å². The van der Waals surface area contributed by atoms with Gasteiger partial charge in [-0.15, -0.1) is 0 Å². The third-order valence-corrected chi connectivity index (χ3v) is 5.68. The quantitative estimate of drug-likeness (QED) is 0.595. The van der Waals surface area contributed by atoms with Gasteiger partial charge in [0.15, 0.2) is 5.12 Å². The Labute approximate surface area is 108 Å². The maximum atomic E-state index is 12.1. The first-order valence-corrected chi connectivity index (χ1v) is 7.56. The van der Waals surface area contributed by atoms with E-state index in [1.54, 1.807) is 0 Å². The molecule has 1 N–H and O–H groups in total. The molecule has 2 atom stereocenters. The summed E-state index contributed by atoms with van der Waals surface area (Å²) in [5, 5.41) is 9.03. The zero-order valence-corrected chi connectivity index (χ0v) is 11.3. The van der Waals surface area contributed by atoms with Crippen LogP contribution < -0.4 is 0 Å². The third kappa shape index (κ3) is 2.16. The van der Waals surface area contributed by atoms with E-state index in [9.17, 15) is 14.4 Å². The highest BCUT2D eigenvalue weighted by Gasteiger charge is 2.47. The van der Waals surface area contributed by atoms with Gasteiger partial charge >= 0.3 is 5.97 Å². The lowest BCUT2D eigenvalue weighted by molar-refractivity contribution is -0.146. The van der Waals surface area contributed by atoms with Crippen LogP contribution in [-0.2, 0) is 14.4 Å². The number of thiol groups is 1. The predicted octanol–water partition coefficient (Wildman–Crippen LogP) is 1.10. The van der Waals surface area contributed by atoms with Crippen molar-refractivity contribution in [3.05, 3.63) is 11.8 Å². The minimum Gasteiger partial charge on any atom is -0.477 e. The average Bonchev–Trinajstić information content (AvgIpc) is 2.25. The largest absolute Gasteiger partial charge is 0.477 e. The molecule has 1 fully saturated rings. The van der Waals surface area contributed by atoms with Crippen LogP contribution >= 0.6 is 10.9 Å². The van der Waals surface area contributed by atoms with E-state index in [0.717, 1.165) is 0 Å². The summed E-state index contributed by atoms with van der Waals surface area (Å²) in [4.78, 5) is 35.9. The number of nitrogens with zero attached hydrogens (tertiary/aromatic N) is 1. The maximum absolute atomic E-state index is 12.1. The van der Waals surface area contributed by atoms with Crippen LogP contribution in [0, 0.1) is 5.92 Å². The average molecular weight is 271 g/mol. The number of fused-ring (bicyclic) bond motifs is 1. The Kier molecular flexibility index (Phi) is 3.47. The van der Waals surface area contributed by atoms with E-state index in [1.807, 2.05) is 13.8 Å². The van der Waals surface area contributed by atoms with Crippen LogP contribution in [0.15, 0.2) is 11.8 Å². The lowest BCUT2D eigenvalue weighted by Gasteiger charge is -2.48. The van der Waals surface area contributed by atoms with Gasteiger partial charge in [-0.05, 0) is 12.0 Å². The summed E-state index contributed by atoms with van der Waals surface area (Å²) in [6.45, 7) is 3.97. The van der Waals surface area contributed by atoms with Crippen LogP contribution in [0.4, 0.5) is 0 Å². The van der Waals surface area contributed by atoms with Crippen molar-refractivity contribution in [1.29, 1.82) is 0 Å². The zero-order valence-electron chi connectivity index (χ0n) is 10.4. The van der Waals surface area contributed by atoms with Crippen molar-refractivity contribution in [3.63, 3.8) is 0 Å². The summed E-state index contributed by atoms with van der Waals surface area (Å²) in [5.41, 5.74) is 0.0485. The molecule has 2 aliphatic heterocycles. The molecule has 0 radical (unpaired) electrons. The molecule has 0 saturated carbocycles. The first-order chi connectivity index (χ1) is 8.41. The number of aliphatic carboxylic acids is 1. The van der Waals surface area contributed by atoms with E-state index < -0.39 is 16.9 Å². The summed E-state index contributed by atoms with van der Waals surface area (Å²) in [6, 6.07) is 0. The second-order valence-electron chi connectivity index (χ2n) is 4.99. The number of carbonyl (C=O) groups excluding carboxylic acids is 2. The molecule has 18 heavy (non-hydrogen) atoms. The molecule has 2 unspecified atom stereocenters. The van der Waals surface area contributed by atoms with Gasteiger partial charge in [0.1, 0.15) is 5.70 Å². The fourth-order valence-corrected chi connectivity index (χ4v) is 4.93. The van der Waals surface area contributed by atoms with E-state index in [1.165, 1.54) is 11.0 Å². The standard InChI is InChI=1S/C12H17NO4S/c1-7(2)5-11(15)18-4-3-8(12(16)17)13-9(14)6-10(13)18/h3,7,10,18H,4-6H2,1-2H3,(H,16,17). The molecule has 6 heteroatoms. The van der Waals surface area contributed by atoms with Gasteiger partial charge in [0, 0.05) is 12.2 Å². The number of β-lactam (4-membered cyclic amide) rings is 1. The van der Waals surface area contributed by atoms with Crippen LogP contribution in [0.5, 0.6) is 0 Å². The molecule has 0 aliphatic carbocycles. The van der Waals surface area contributed by atoms with Crippen molar-refractivity contribution in [2.75, 3.05) is 5.75 Å². The minimum atomic E-state index is -1.08. The highest BCUT2D eigenvalue weighted by atomic mass is 32.2. The number of carboxylic acid groups (broad SMARTS) is 1. The molecule has 100 valence electrons. The van der Waals surface area contributed by atoms with E-state index in [4.69, 9.17) is 5.11 Å². The molecule has 2 rings (SSSR count). The van der Waals surface area contributed by atoms with Crippen molar-refractivity contribution in [2.24, 2.45) is 5.92 Å². The zero-order chi connectivity index (χ0) is 13.4. The molecule has 5 nitrogen and oxygen atoms in total. The van der Waals surface area contributed by atoms with E-state index in [-0.39, 0.29) is 22.1 Å². The summed E-state index contributed by atoms with van der Waals surface area (Å²) in [7, 11) is -0.931. The van der Waals surface area contributed by atoms with Crippen molar-refractivity contribution < 1.29 is 19.5 Å². The lowest BCUT2D eigenvalue weighted by atomic mass is 10.1. The molecule has 0 bridgehead atoms. The molecule has 1 saturated heterocycles. The Bertz CT molecular complexity index is 443. The van der Waals surface area contributed by atoms with Crippen LogP contribution in [0.3, 0.4) is 0 Å². The molecular weight excluding hydrogens is 254 g/mol. The van der Waals surface area contributed by atoms with Crippen molar-refractivity contribution in [1.82, 2.24) is 4.90 Å². The lowest BCUT2D eigenvalue weighted by Crippen LogP contribution is -2.55. The van der Waals surface area contributed by atoms with Gasteiger partial charge in [0.2, 0.25) is 5.91 Å². The number of hydrogen-bond donors (Lipinski definition) is 2. The van der Waals surface area contributed by atoms with Gasteiger partial charge in [0.05, 0.1) is 11.8 Å². The maximum Gasteiger partial charge on any atom is 0.352 e. The summed E-state index contributed by atoms with van der Waals surface area (Å²) in [6.07, 6.45) is 2.36. The Morgan fingerprint density at radius 2 is 2.22 bits per heavy atom. The number of amides is 1. The minimum absolute atomic E-state index is 0.0485. The first-order valence-electron chi connectivity index (χ1n) is 5.96. The van der Waals surface area contributed by atoms with Gasteiger partial charge in [0.25, 0.3) is 0 Å². The SMILES string of the molecule is CC(C)CC(=O)[SH]1CC=C(C(=O)O)N2C(=O)CC21. The number of carboxylic acids is 1. The molecule has 0 aromatic heterocycles. The molecule has 1 amide bonds. The van der Waals surface area contributed by atoms with Crippen LogP contribution in [0.25, 0.3) is 0 Å². The molecule has 0 aromatic rings. The fraction of sp³-hybridized carbons (Fsp3) is 0.583. The second-order valence-corrected chi connectivity index (χ2v) is 7.39. The van der Waals surface area contributed by atoms with E-state index in [2.05, 4.69) is 0 Å². The van der Waals surface area contributed by atoms with Crippen LogP contribution in [0.1, 0.15) is 26.7 Å². The molecule has 2 aliphatic rings. The van der Waals surface area contributed by atoms with Gasteiger partial charge in [-0.3, -0.25) is 14.5 Å². The highest BCUT2D eigenvalue weighted by molar-refractivity contribution is 8.30. The van der Waals surface area contributed by atoms with Crippen molar-refractivity contribution >= 4 is 27.9 Å². The van der Waals surface area contributed by atoms with Gasteiger partial charge in [-0.1, -0.05) is 13.8 Å². The molecule has 0 spiro atoms. The number of carbonyl (C=O) groups is 3. The molecule has 2 heterocycles. The highest BCUT2D eigenvalue weighted by Crippen LogP contribution is 2.48. The smallest absolute Gasteiger partial charge is 0.352 e. The monoisotopic (exact) mass is 271 g/mol. The predicted molar refractivity (Wildman–Crippen MR) is 69.3 cm³/mol. The Hall–Kier alpha value is -1.30. The topological polar surface area (TPSA) is 74.7 Å². The van der Waals surface area contributed by atoms with Crippen LogP contribution in [0.2, 0.25) is 0 Å². The van der Waals surface area contributed by atoms with E-state index >= 15 is 0 Å². The van der Waals surface area contributed by atoms with Crippen LogP contribution in [-0.4, -0.2) is 38.1 Å². The van der Waals surface area contributed by atoms with Gasteiger partial charge in [-0.2, -0.15) is 10.9 Å². The Morgan fingerprint density at radius 3 is 2.72 bits per heavy atom. The normalized spacial score (nSPS) is 28.5. The molecule has 0 aromatic carbocycles. The van der Waals surface area contributed by atoms with Crippen molar-refractivity contribution in [2.45, 2.75) is 32.1 Å². The summed E-state index contributed by atoms with van der Waals surface area (Å²) in [5.74, 6) is -0.469. The van der Waals surface area contributed by atoms with Gasteiger partial charge < -0.3 is 5.11 Å². The Balaban J connectivity index is 2.16. The number of rotatable bonds is 3. The van der Waals surface area contributed by atoms with Gasteiger partial charge in [-0.25, -0.2) is 4.79 Å².